The third-order valence-electron chi connectivity index (χ3n) is 7.01. The summed E-state index contributed by atoms with van der Waals surface area (Å²) in [5.41, 5.74) is 3.15. The van der Waals surface area contributed by atoms with Crippen LogP contribution in [-0.4, -0.2) is 48.7 Å². The molecule has 7 heteroatoms. The number of hydrogen-bond donors (Lipinski definition) is 1. The number of hydrogen-bond acceptors (Lipinski definition) is 5. The molecule has 0 aliphatic carbocycles. The first-order chi connectivity index (χ1) is 16.3. The van der Waals surface area contributed by atoms with E-state index in [2.05, 4.69) is 5.32 Å². The molecule has 176 valence electrons. The largest absolute Gasteiger partial charge is 0.449 e. The Morgan fingerprint density at radius 1 is 1.18 bits per heavy atom. The summed E-state index contributed by atoms with van der Waals surface area (Å²) in [6.45, 7) is 6.35. The van der Waals surface area contributed by atoms with E-state index in [1.54, 1.807) is 24.3 Å². The molecule has 0 radical (unpaired) electrons. The Morgan fingerprint density at radius 2 is 2.00 bits per heavy atom. The molecule has 6 nitrogen and oxygen atoms in total. The van der Waals surface area contributed by atoms with Crippen LogP contribution >= 0.6 is 11.6 Å². The van der Waals surface area contributed by atoms with E-state index in [0.29, 0.717) is 47.8 Å². The van der Waals surface area contributed by atoms with Gasteiger partial charge in [0.25, 0.3) is 0 Å². The molecule has 2 aromatic carbocycles. The van der Waals surface area contributed by atoms with Crippen molar-refractivity contribution in [3.63, 3.8) is 0 Å². The van der Waals surface area contributed by atoms with Crippen molar-refractivity contribution in [3.05, 3.63) is 75.3 Å². The van der Waals surface area contributed by atoms with E-state index in [1.165, 1.54) is 0 Å². The minimum absolute atomic E-state index is 0.0220. The van der Waals surface area contributed by atoms with Gasteiger partial charge in [-0.2, -0.15) is 0 Å². The lowest BCUT2D eigenvalue weighted by atomic mass is 9.87. The van der Waals surface area contributed by atoms with Gasteiger partial charge in [0.2, 0.25) is 5.91 Å². The summed E-state index contributed by atoms with van der Waals surface area (Å²) in [5, 5.41) is 3.59. The number of carbonyl (C=O) groups excluding carboxylic acids is 3. The van der Waals surface area contributed by atoms with E-state index in [1.807, 2.05) is 37.0 Å². The average Bonchev–Trinajstić information content (AvgIpc) is 3.42. The number of nitrogens with one attached hydrogen (secondary N) is 1. The molecule has 2 aromatic rings. The first-order valence-electron chi connectivity index (χ1n) is 11.7. The molecule has 0 aromatic heterocycles. The van der Waals surface area contributed by atoms with Crippen LogP contribution in [-0.2, 0) is 15.1 Å². The summed E-state index contributed by atoms with van der Waals surface area (Å²) in [6.07, 6.45) is 3.47. The van der Waals surface area contributed by atoms with Crippen LogP contribution in [0.4, 0.5) is 0 Å². The third-order valence-corrected chi connectivity index (χ3v) is 7.32. The highest BCUT2D eigenvalue weighted by molar-refractivity contribution is 6.35. The minimum Gasteiger partial charge on any atom is -0.449 e. The predicted molar refractivity (Wildman–Crippen MR) is 130 cm³/mol. The number of benzene rings is 2. The molecule has 0 saturated carbocycles. The van der Waals surface area contributed by atoms with Gasteiger partial charge in [0, 0.05) is 48.7 Å². The van der Waals surface area contributed by atoms with Gasteiger partial charge in [0.1, 0.15) is 0 Å². The summed E-state index contributed by atoms with van der Waals surface area (Å²) in [4.78, 5) is 40.3. The van der Waals surface area contributed by atoms with Crippen LogP contribution in [0.1, 0.15) is 64.1 Å². The molecular formula is C27H27ClN2O4. The van der Waals surface area contributed by atoms with E-state index >= 15 is 0 Å². The number of carbonyl (C=O) groups is 3. The normalized spacial score (nSPS) is 21.6. The molecule has 1 N–H and O–H groups in total. The van der Waals surface area contributed by atoms with E-state index in [4.69, 9.17) is 16.3 Å². The molecule has 34 heavy (non-hydrogen) atoms. The molecule has 3 heterocycles. The maximum atomic E-state index is 13.5. The van der Waals surface area contributed by atoms with Crippen molar-refractivity contribution in [1.29, 1.82) is 0 Å². The number of ketones is 1. The van der Waals surface area contributed by atoms with Crippen molar-refractivity contribution >= 4 is 34.8 Å². The Labute approximate surface area is 203 Å². The molecule has 3 aliphatic heterocycles. The molecule has 5 rings (SSSR count). The van der Waals surface area contributed by atoms with Crippen LogP contribution in [0.15, 0.2) is 42.5 Å². The standard InChI is InChI=1S/C27H27ClN2O4/c1-16(2)25(32)30-12-8-17(9-13-30)18-6-7-19(22(28)14-18)24(31)20-4-3-5-21-23(20)26(33)34-27(21)10-11-29-15-27/h3-8,14,16,29H,9-13,15H2,1-2H3/t27-/m0/s1. The van der Waals surface area contributed by atoms with Gasteiger partial charge in [-0.05, 0) is 36.2 Å². The number of nitrogens with zero attached hydrogens (tertiary/aromatic N) is 1. The summed E-state index contributed by atoms with van der Waals surface area (Å²) in [6, 6.07) is 10.7. The number of esters is 1. The van der Waals surface area contributed by atoms with E-state index < -0.39 is 11.6 Å². The zero-order chi connectivity index (χ0) is 24.0. The first kappa shape index (κ1) is 22.8. The van der Waals surface area contributed by atoms with E-state index in [9.17, 15) is 14.4 Å². The Balaban J connectivity index is 1.42. The highest BCUT2D eigenvalue weighted by Crippen LogP contribution is 2.42. The van der Waals surface area contributed by atoms with Crippen LogP contribution in [0.5, 0.6) is 0 Å². The topological polar surface area (TPSA) is 75.7 Å². The molecule has 0 bridgehead atoms. The van der Waals surface area contributed by atoms with Crippen LogP contribution in [0.3, 0.4) is 0 Å². The van der Waals surface area contributed by atoms with Gasteiger partial charge >= 0.3 is 5.97 Å². The molecule has 1 saturated heterocycles. The van der Waals surface area contributed by atoms with Crippen LogP contribution < -0.4 is 5.32 Å². The third kappa shape index (κ3) is 3.75. The predicted octanol–water partition coefficient (Wildman–Crippen LogP) is 4.20. The quantitative estimate of drug-likeness (QED) is 0.526. The van der Waals surface area contributed by atoms with Crippen molar-refractivity contribution in [1.82, 2.24) is 10.2 Å². The van der Waals surface area contributed by atoms with Crippen LogP contribution in [0, 0.1) is 5.92 Å². The Morgan fingerprint density at radius 3 is 2.65 bits per heavy atom. The lowest BCUT2D eigenvalue weighted by Crippen LogP contribution is -2.37. The van der Waals surface area contributed by atoms with Gasteiger partial charge in [-0.3, -0.25) is 9.59 Å². The molecule has 1 fully saturated rings. The van der Waals surface area contributed by atoms with Gasteiger partial charge in [-0.1, -0.05) is 55.8 Å². The van der Waals surface area contributed by atoms with E-state index in [0.717, 1.165) is 29.7 Å². The molecule has 1 amide bonds. The van der Waals surface area contributed by atoms with Gasteiger partial charge in [0.05, 0.1) is 10.6 Å². The Kier molecular flexibility index (Phi) is 5.82. The number of ether oxygens (including phenoxy) is 1. The fourth-order valence-corrected chi connectivity index (χ4v) is 5.42. The number of fused-ring (bicyclic) bond motifs is 2. The zero-order valence-electron chi connectivity index (χ0n) is 19.3. The molecular weight excluding hydrogens is 452 g/mol. The lowest BCUT2D eigenvalue weighted by molar-refractivity contribution is -0.134. The smallest absolute Gasteiger partial charge is 0.340 e. The fraction of sp³-hybridized carbons (Fsp3) is 0.370. The van der Waals surface area contributed by atoms with Crippen LogP contribution in [0.2, 0.25) is 5.02 Å². The highest BCUT2D eigenvalue weighted by atomic mass is 35.5. The average molecular weight is 479 g/mol. The molecule has 3 aliphatic rings. The monoisotopic (exact) mass is 478 g/mol. The highest BCUT2D eigenvalue weighted by Gasteiger charge is 2.49. The molecule has 1 atom stereocenters. The summed E-state index contributed by atoms with van der Waals surface area (Å²) >= 11 is 6.58. The van der Waals surface area contributed by atoms with Crippen molar-refractivity contribution in [2.24, 2.45) is 5.92 Å². The maximum Gasteiger partial charge on any atom is 0.340 e. The number of rotatable bonds is 4. The SMILES string of the molecule is CC(C)C(=O)N1CC=C(c2ccc(C(=O)c3cccc4c3C(=O)O[C@]43CCNC3)c(Cl)c2)CC1. The first-order valence-corrected chi connectivity index (χ1v) is 12.1. The second-order valence-corrected chi connectivity index (χ2v) is 9.89. The Bertz CT molecular complexity index is 1230. The number of halogens is 1. The maximum absolute atomic E-state index is 13.5. The van der Waals surface area contributed by atoms with Crippen molar-refractivity contribution < 1.29 is 19.1 Å². The van der Waals surface area contributed by atoms with E-state index in [-0.39, 0.29) is 17.6 Å². The summed E-state index contributed by atoms with van der Waals surface area (Å²) in [5.74, 6) is -0.618. The van der Waals surface area contributed by atoms with Crippen LogP contribution in [0.25, 0.3) is 5.57 Å². The fourth-order valence-electron chi connectivity index (χ4n) is 5.15. The van der Waals surface area contributed by atoms with Gasteiger partial charge in [-0.25, -0.2) is 4.79 Å². The molecule has 1 spiro atoms. The second-order valence-electron chi connectivity index (χ2n) is 9.48. The summed E-state index contributed by atoms with van der Waals surface area (Å²) < 4.78 is 5.75. The van der Waals surface area contributed by atoms with Crippen molar-refractivity contribution in [3.8, 4) is 0 Å². The zero-order valence-corrected chi connectivity index (χ0v) is 20.1. The Hall–Kier alpha value is -2.96. The van der Waals surface area contributed by atoms with Crippen molar-refractivity contribution in [2.45, 2.75) is 32.3 Å². The van der Waals surface area contributed by atoms with Gasteiger partial charge < -0.3 is 15.0 Å². The summed E-state index contributed by atoms with van der Waals surface area (Å²) in [7, 11) is 0. The van der Waals surface area contributed by atoms with Crippen molar-refractivity contribution in [2.75, 3.05) is 26.2 Å². The minimum atomic E-state index is -0.686. The number of amides is 1. The van der Waals surface area contributed by atoms with Gasteiger partial charge in [0.15, 0.2) is 11.4 Å². The second kappa shape index (κ2) is 8.67. The molecule has 0 unspecified atom stereocenters. The lowest BCUT2D eigenvalue weighted by Gasteiger charge is -2.28. The van der Waals surface area contributed by atoms with Gasteiger partial charge in [-0.15, -0.1) is 0 Å².